The number of alkyl halides is 3. The summed E-state index contributed by atoms with van der Waals surface area (Å²) >= 11 is 18.7. The predicted molar refractivity (Wildman–Crippen MR) is 155 cm³/mol. The molecule has 4 rings (SSSR count). The van der Waals surface area contributed by atoms with E-state index >= 15 is 0 Å². The molecule has 0 spiro atoms. The normalized spacial score (nSPS) is 19.4. The van der Waals surface area contributed by atoms with Gasteiger partial charge in [0.25, 0.3) is 9.70 Å². The van der Waals surface area contributed by atoms with Gasteiger partial charge in [-0.15, -0.1) is 11.8 Å². The molecule has 2 amide bonds. The van der Waals surface area contributed by atoms with Crippen LogP contribution in [0, 0.1) is 0 Å². The van der Waals surface area contributed by atoms with Gasteiger partial charge in [0.1, 0.15) is 0 Å². The van der Waals surface area contributed by atoms with Crippen LogP contribution in [-0.2, 0) is 25.7 Å². The lowest BCUT2D eigenvalue weighted by molar-refractivity contribution is -0.245. The molecule has 0 unspecified atom stereocenters. The van der Waals surface area contributed by atoms with Crippen LogP contribution in [0.3, 0.4) is 0 Å². The highest BCUT2D eigenvalue weighted by Crippen LogP contribution is 2.40. The quantitative estimate of drug-likeness (QED) is 0.192. The summed E-state index contributed by atoms with van der Waals surface area (Å²) in [5.41, 5.74) is 3.66. The van der Waals surface area contributed by atoms with Gasteiger partial charge in [0.15, 0.2) is 6.29 Å². The van der Waals surface area contributed by atoms with E-state index in [0.717, 1.165) is 21.7 Å². The van der Waals surface area contributed by atoms with Gasteiger partial charge in [0, 0.05) is 40.9 Å². The first-order valence-corrected chi connectivity index (χ1v) is 14.2. The average molecular weight is 610 g/mol. The number of halogens is 3. The van der Waals surface area contributed by atoms with Crippen LogP contribution in [0.5, 0.6) is 0 Å². The number of aliphatic hydroxyl groups is 1. The van der Waals surface area contributed by atoms with Crippen molar-refractivity contribution >= 4 is 69.8 Å². The molecule has 3 atom stereocenters. The SMILES string of the molecule is CC(=O)Nc1ccc(SC[C@H]2C[C@@H](c3ccc(CO)cc3)O[C@@H](c3cccc(NC(=O)C(Cl)(Cl)Cl)c3)O2)cc1. The third kappa shape index (κ3) is 8.59. The second kappa shape index (κ2) is 13.4. The first-order chi connectivity index (χ1) is 18.6. The fraction of sp³-hybridized carbons (Fsp3) is 0.286. The molecule has 3 aromatic rings. The summed E-state index contributed by atoms with van der Waals surface area (Å²) < 4.78 is 10.6. The molecule has 0 aliphatic carbocycles. The molecule has 11 heteroatoms. The maximum atomic E-state index is 12.1. The van der Waals surface area contributed by atoms with Gasteiger partial charge in [-0.1, -0.05) is 71.2 Å². The highest BCUT2D eigenvalue weighted by atomic mass is 35.6. The lowest BCUT2D eigenvalue weighted by atomic mass is 10.0. The number of amides is 2. The second-order valence-corrected chi connectivity index (χ2v) is 12.3. The zero-order valence-electron chi connectivity index (χ0n) is 20.9. The van der Waals surface area contributed by atoms with E-state index < -0.39 is 16.0 Å². The summed E-state index contributed by atoms with van der Waals surface area (Å²) in [5.74, 6) is -0.226. The van der Waals surface area contributed by atoms with Gasteiger partial charge < -0.3 is 25.2 Å². The van der Waals surface area contributed by atoms with Crippen LogP contribution in [0.15, 0.2) is 77.7 Å². The summed E-state index contributed by atoms with van der Waals surface area (Å²) in [6.07, 6.45) is -0.511. The molecule has 3 aromatic carbocycles. The van der Waals surface area contributed by atoms with Crippen molar-refractivity contribution < 1.29 is 24.2 Å². The fourth-order valence-electron chi connectivity index (χ4n) is 4.01. The van der Waals surface area contributed by atoms with E-state index in [4.69, 9.17) is 44.3 Å². The number of anilines is 2. The molecule has 206 valence electrons. The van der Waals surface area contributed by atoms with Crippen molar-refractivity contribution in [2.24, 2.45) is 0 Å². The number of thioether (sulfide) groups is 1. The number of hydrogen-bond acceptors (Lipinski definition) is 6. The van der Waals surface area contributed by atoms with Gasteiger partial charge >= 0.3 is 0 Å². The molecule has 1 fully saturated rings. The van der Waals surface area contributed by atoms with Crippen LogP contribution >= 0.6 is 46.6 Å². The number of benzene rings is 3. The standard InChI is InChI=1S/C28H27Cl3N2O5S/c1-17(35)32-21-9-11-24(12-10-21)39-16-23-14-25(19-7-5-18(15-34)6-8-19)38-26(37-23)20-3-2-4-22(13-20)33-27(36)28(29,30)31/h2-13,23,25-26,34H,14-16H2,1H3,(H,32,35)(H,33,36)/t23-,25+,26+/m1/s1. The number of carbonyl (C=O) groups is 2. The Bertz CT molecular complexity index is 1290. The lowest BCUT2D eigenvalue weighted by Gasteiger charge is -2.36. The highest BCUT2D eigenvalue weighted by molar-refractivity contribution is 7.99. The Labute approximate surface area is 246 Å². The summed E-state index contributed by atoms with van der Waals surface area (Å²) in [4.78, 5) is 24.5. The molecular weight excluding hydrogens is 583 g/mol. The van der Waals surface area contributed by atoms with E-state index in [2.05, 4.69) is 10.6 Å². The van der Waals surface area contributed by atoms with Crippen molar-refractivity contribution in [2.75, 3.05) is 16.4 Å². The Balaban J connectivity index is 1.52. The largest absolute Gasteiger partial charge is 0.392 e. The van der Waals surface area contributed by atoms with Crippen molar-refractivity contribution in [1.29, 1.82) is 0 Å². The minimum atomic E-state index is -2.09. The molecule has 0 saturated carbocycles. The van der Waals surface area contributed by atoms with Crippen LogP contribution in [0.2, 0.25) is 0 Å². The molecule has 1 aliphatic heterocycles. The smallest absolute Gasteiger partial charge is 0.276 e. The topological polar surface area (TPSA) is 96.9 Å². The van der Waals surface area contributed by atoms with Crippen LogP contribution in [0.25, 0.3) is 0 Å². The van der Waals surface area contributed by atoms with Crippen LogP contribution < -0.4 is 10.6 Å². The molecule has 39 heavy (non-hydrogen) atoms. The number of aliphatic hydroxyl groups excluding tert-OH is 1. The van der Waals surface area contributed by atoms with Crippen molar-refractivity contribution in [2.45, 2.75) is 47.1 Å². The van der Waals surface area contributed by atoms with Gasteiger partial charge in [-0.05, 0) is 47.5 Å². The van der Waals surface area contributed by atoms with Gasteiger partial charge in [0.05, 0.1) is 18.8 Å². The van der Waals surface area contributed by atoms with E-state index in [-0.39, 0.29) is 24.7 Å². The lowest BCUT2D eigenvalue weighted by Crippen LogP contribution is -2.31. The number of nitrogens with one attached hydrogen (secondary N) is 2. The van der Waals surface area contributed by atoms with E-state index in [1.54, 1.807) is 30.0 Å². The Kier molecular flexibility index (Phi) is 10.2. The Morgan fingerprint density at radius 2 is 1.67 bits per heavy atom. The summed E-state index contributed by atoms with van der Waals surface area (Å²) in [6, 6.07) is 22.3. The molecule has 1 heterocycles. The van der Waals surface area contributed by atoms with E-state index in [1.165, 1.54) is 6.92 Å². The van der Waals surface area contributed by atoms with Crippen molar-refractivity contribution in [3.05, 3.63) is 89.5 Å². The molecule has 0 aromatic heterocycles. The minimum absolute atomic E-state index is 0.0375. The number of ether oxygens (including phenoxy) is 2. The fourth-order valence-corrected chi connectivity index (χ4v) is 5.08. The minimum Gasteiger partial charge on any atom is -0.392 e. The summed E-state index contributed by atoms with van der Waals surface area (Å²) in [5, 5.41) is 14.8. The van der Waals surface area contributed by atoms with Crippen molar-refractivity contribution in [3.8, 4) is 0 Å². The first-order valence-electron chi connectivity index (χ1n) is 12.1. The molecule has 0 radical (unpaired) electrons. The third-order valence-electron chi connectivity index (χ3n) is 5.90. The van der Waals surface area contributed by atoms with Gasteiger partial charge in [0.2, 0.25) is 5.91 Å². The molecule has 0 bridgehead atoms. The number of carbonyl (C=O) groups excluding carboxylic acids is 2. The Hall–Kier alpha value is -2.30. The predicted octanol–water partition coefficient (Wildman–Crippen LogP) is 6.78. The maximum Gasteiger partial charge on any atom is 0.276 e. The zero-order chi connectivity index (χ0) is 28.0. The molecule has 3 N–H and O–H groups in total. The molecule has 7 nitrogen and oxygen atoms in total. The highest BCUT2D eigenvalue weighted by Gasteiger charge is 2.33. The third-order valence-corrected chi connectivity index (χ3v) is 7.56. The molecule has 1 aliphatic rings. The first kappa shape index (κ1) is 29.7. The average Bonchev–Trinajstić information content (AvgIpc) is 2.92. The molecule has 1 saturated heterocycles. The summed E-state index contributed by atoms with van der Waals surface area (Å²) in [7, 11) is 0. The van der Waals surface area contributed by atoms with E-state index in [0.29, 0.717) is 23.4 Å². The van der Waals surface area contributed by atoms with Gasteiger partial charge in [-0.3, -0.25) is 9.59 Å². The number of rotatable bonds is 8. The Morgan fingerprint density at radius 1 is 0.949 bits per heavy atom. The van der Waals surface area contributed by atoms with Crippen LogP contribution in [0.4, 0.5) is 11.4 Å². The van der Waals surface area contributed by atoms with E-state index in [1.807, 2.05) is 54.6 Å². The van der Waals surface area contributed by atoms with Crippen LogP contribution in [-0.4, -0.2) is 32.6 Å². The van der Waals surface area contributed by atoms with Crippen molar-refractivity contribution in [3.63, 3.8) is 0 Å². The van der Waals surface area contributed by atoms with Crippen molar-refractivity contribution in [1.82, 2.24) is 0 Å². The van der Waals surface area contributed by atoms with Gasteiger partial charge in [-0.25, -0.2) is 0 Å². The zero-order valence-corrected chi connectivity index (χ0v) is 24.0. The number of hydrogen-bond donors (Lipinski definition) is 3. The second-order valence-electron chi connectivity index (χ2n) is 8.94. The Morgan fingerprint density at radius 3 is 2.31 bits per heavy atom. The van der Waals surface area contributed by atoms with Gasteiger partial charge in [-0.2, -0.15) is 0 Å². The van der Waals surface area contributed by atoms with E-state index in [9.17, 15) is 14.7 Å². The molecular formula is C28H27Cl3N2O5S. The summed E-state index contributed by atoms with van der Waals surface area (Å²) in [6.45, 7) is 1.43. The van der Waals surface area contributed by atoms with Crippen LogP contribution in [0.1, 0.15) is 42.4 Å². The maximum absolute atomic E-state index is 12.1. The monoisotopic (exact) mass is 608 g/mol.